The van der Waals surface area contributed by atoms with Gasteiger partial charge >= 0.3 is 0 Å². The lowest BCUT2D eigenvalue weighted by atomic mass is 10.0. The Morgan fingerprint density at radius 1 is 1.12 bits per heavy atom. The van der Waals surface area contributed by atoms with Gasteiger partial charge in [-0.15, -0.1) is 12.4 Å². The maximum Gasteiger partial charge on any atom is 0.196 e. The number of fused-ring (bicyclic) bond motifs is 1. The molecule has 2 aromatic rings. The van der Waals surface area contributed by atoms with Crippen LogP contribution in [0.25, 0.3) is 11.0 Å². The summed E-state index contributed by atoms with van der Waals surface area (Å²) in [5.41, 5.74) is 2.49. The van der Waals surface area contributed by atoms with Crippen LogP contribution in [0.15, 0.2) is 21.3 Å². The molecule has 1 aliphatic rings. The Morgan fingerprint density at radius 2 is 1.84 bits per heavy atom. The summed E-state index contributed by atoms with van der Waals surface area (Å²) in [6.45, 7) is 7.92. The minimum atomic E-state index is 0. The van der Waals surface area contributed by atoms with Crippen molar-refractivity contribution in [2.45, 2.75) is 33.2 Å². The van der Waals surface area contributed by atoms with Crippen molar-refractivity contribution in [3.8, 4) is 5.75 Å². The van der Waals surface area contributed by atoms with E-state index in [4.69, 9.17) is 13.9 Å². The predicted octanol–water partition coefficient (Wildman–Crippen LogP) is 3.18. The summed E-state index contributed by atoms with van der Waals surface area (Å²) in [5, 5.41) is 0.646. The van der Waals surface area contributed by atoms with Crippen LogP contribution >= 0.6 is 12.4 Å². The quantitative estimate of drug-likeness (QED) is 0.812. The number of morpholine rings is 1. The van der Waals surface area contributed by atoms with Crippen LogP contribution in [0.1, 0.15) is 30.7 Å². The molecule has 0 bridgehead atoms. The number of nitrogens with zero attached hydrogens (tertiary/aromatic N) is 1. The molecule has 0 atom stereocenters. The molecule has 1 aromatic heterocycles. The number of benzene rings is 1. The molecule has 5 nitrogen and oxygen atoms in total. The molecule has 1 fully saturated rings. The molecular formula is C19H26ClNO4. The second kappa shape index (κ2) is 8.70. The van der Waals surface area contributed by atoms with Gasteiger partial charge in [-0.25, -0.2) is 0 Å². The predicted molar refractivity (Wildman–Crippen MR) is 101 cm³/mol. The SMILES string of the molecule is CCc1oc2c(CN3CCOCC3)c(OC)ccc2c(=O)c1CC.Cl. The van der Waals surface area contributed by atoms with Crippen molar-refractivity contribution < 1.29 is 13.9 Å². The lowest BCUT2D eigenvalue weighted by molar-refractivity contribution is 0.0339. The molecule has 6 heteroatoms. The first kappa shape index (κ1) is 19.8. The number of methoxy groups -OCH3 is 1. The van der Waals surface area contributed by atoms with Crippen LogP contribution in [-0.4, -0.2) is 38.3 Å². The number of halogens is 1. The van der Waals surface area contributed by atoms with Crippen LogP contribution in [0.2, 0.25) is 0 Å². The van der Waals surface area contributed by atoms with E-state index < -0.39 is 0 Å². The monoisotopic (exact) mass is 367 g/mol. The second-order valence-corrected chi connectivity index (χ2v) is 6.05. The molecule has 0 radical (unpaired) electrons. The Kier molecular flexibility index (Phi) is 6.87. The van der Waals surface area contributed by atoms with E-state index in [9.17, 15) is 4.79 Å². The van der Waals surface area contributed by atoms with Gasteiger partial charge in [-0.3, -0.25) is 9.69 Å². The van der Waals surface area contributed by atoms with Crippen LogP contribution in [0, 0.1) is 0 Å². The Balaban J connectivity index is 0.00000225. The smallest absolute Gasteiger partial charge is 0.196 e. The molecule has 0 amide bonds. The average molecular weight is 368 g/mol. The zero-order valence-corrected chi connectivity index (χ0v) is 15.9. The van der Waals surface area contributed by atoms with Gasteiger partial charge in [0.05, 0.1) is 31.3 Å². The van der Waals surface area contributed by atoms with Crippen LogP contribution in [-0.2, 0) is 24.1 Å². The van der Waals surface area contributed by atoms with Gasteiger partial charge in [0.15, 0.2) is 5.43 Å². The number of hydrogen-bond acceptors (Lipinski definition) is 5. The molecule has 25 heavy (non-hydrogen) atoms. The molecule has 3 rings (SSSR count). The van der Waals surface area contributed by atoms with Crippen molar-refractivity contribution in [3.05, 3.63) is 39.2 Å². The van der Waals surface area contributed by atoms with Gasteiger partial charge in [0.2, 0.25) is 0 Å². The normalized spacial score (nSPS) is 15.2. The highest BCUT2D eigenvalue weighted by molar-refractivity contribution is 5.85. The minimum Gasteiger partial charge on any atom is -0.496 e. The first-order chi connectivity index (χ1) is 11.7. The van der Waals surface area contributed by atoms with Crippen LogP contribution in [0.5, 0.6) is 5.75 Å². The summed E-state index contributed by atoms with van der Waals surface area (Å²) >= 11 is 0. The molecule has 0 unspecified atom stereocenters. The number of aryl methyl sites for hydroxylation is 1. The van der Waals surface area contributed by atoms with E-state index in [2.05, 4.69) is 4.90 Å². The van der Waals surface area contributed by atoms with Crippen molar-refractivity contribution in [1.82, 2.24) is 4.90 Å². The Bertz CT molecular complexity index is 781. The van der Waals surface area contributed by atoms with Crippen molar-refractivity contribution in [2.24, 2.45) is 0 Å². The van der Waals surface area contributed by atoms with Crippen molar-refractivity contribution in [1.29, 1.82) is 0 Å². The van der Waals surface area contributed by atoms with E-state index in [1.807, 2.05) is 26.0 Å². The van der Waals surface area contributed by atoms with Crippen LogP contribution in [0.4, 0.5) is 0 Å². The van der Waals surface area contributed by atoms with E-state index in [0.717, 1.165) is 48.9 Å². The van der Waals surface area contributed by atoms with Gasteiger partial charge in [-0.2, -0.15) is 0 Å². The summed E-state index contributed by atoms with van der Waals surface area (Å²) in [5.74, 6) is 1.55. The van der Waals surface area contributed by atoms with E-state index in [1.165, 1.54) is 0 Å². The maximum absolute atomic E-state index is 12.8. The average Bonchev–Trinajstić information content (AvgIpc) is 2.62. The fourth-order valence-corrected chi connectivity index (χ4v) is 3.35. The van der Waals surface area contributed by atoms with Gasteiger partial charge in [0.1, 0.15) is 17.1 Å². The Hall–Kier alpha value is -1.56. The van der Waals surface area contributed by atoms with Crippen molar-refractivity contribution in [3.63, 3.8) is 0 Å². The zero-order valence-electron chi connectivity index (χ0n) is 15.1. The van der Waals surface area contributed by atoms with Gasteiger partial charge < -0.3 is 13.9 Å². The minimum absolute atomic E-state index is 0. The van der Waals surface area contributed by atoms with Gasteiger partial charge in [-0.05, 0) is 18.6 Å². The van der Waals surface area contributed by atoms with Crippen molar-refractivity contribution >= 4 is 23.4 Å². The van der Waals surface area contributed by atoms with E-state index in [1.54, 1.807) is 7.11 Å². The van der Waals surface area contributed by atoms with E-state index in [-0.39, 0.29) is 17.8 Å². The van der Waals surface area contributed by atoms with Crippen molar-refractivity contribution in [2.75, 3.05) is 33.4 Å². The third-order valence-corrected chi connectivity index (χ3v) is 4.68. The topological polar surface area (TPSA) is 51.9 Å². The Labute approximate surface area is 154 Å². The number of ether oxygens (including phenoxy) is 2. The standard InChI is InChI=1S/C19H25NO4.ClH/c1-4-13-16(5-2)24-19-14(18(13)21)6-7-17(22-3)15(19)12-20-8-10-23-11-9-20;/h6-7H,4-5,8-12H2,1-3H3;1H. The molecule has 138 valence electrons. The molecule has 0 spiro atoms. The lowest BCUT2D eigenvalue weighted by Crippen LogP contribution is -2.35. The fourth-order valence-electron chi connectivity index (χ4n) is 3.35. The first-order valence-electron chi connectivity index (χ1n) is 8.64. The summed E-state index contributed by atoms with van der Waals surface area (Å²) < 4.78 is 17.2. The molecule has 0 aliphatic carbocycles. The van der Waals surface area contributed by atoms with Gasteiger partial charge in [0.25, 0.3) is 0 Å². The molecule has 2 heterocycles. The summed E-state index contributed by atoms with van der Waals surface area (Å²) in [6.07, 6.45) is 1.40. The van der Waals surface area contributed by atoms with Gasteiger partial charge in [0, 0.05) is 31.6 Å². The second-order valence-electron chi connectivity index (χ2n) is 6.05. The molecule has 1 saturated heterocycles. The molecule has 0 N–H and O–H groups in total. The highest BCUT2D eigenvalue weighted by atomic mass is 35.5. The number of hydrogen-bond donors (Lipinski definition) is 0. The van der Waals surface area contributed by atoms with E-state index >= 15 is 0 Å². The van der Waals surface area contributed by atoms with Gasteiger partial charge in [-0.1, -0.05) is 13.8 Å². The highest BCUT2D eigenvalue weighted by Gasteiger charge is 2.20. The molecular weight excluding hydrogens is 342 g/mol. The molecule has 1 aliphatic heterocycles. The third-order valence-electron chi connectivity index (χ3n) is 4.68. The zero-order chi connectivity index (χ0) is 17.1. The molecule has 0 saturated carbocycles. The molecule has 1 aromatic carbocycles. The largest absolute Gasteiger partial charge is 0.496 e. The van der Waals surface area contributed by atoms with Crippen LogP contribution < -0.4 is 10.2 Å². The lowest BCUT2D eigenvalue weighted by Gasteiger charge is -2.27. The third kappa shape index (κ3) is 3.84. The summed E-state index contributed by atoms with van der Waals surface area (Å²) in [4.78, 5) is 15.2. The number of rotatable bonds is 5. The van der Waals surface area contributed by atoms with Crippen LogP contribution in [0.3, 0.4) is 0 Å². The fraction of sp³-hybridized carbons (Fsp3) is 0.526. The summed E-state index contributed by atoms with van der Waals surface area (Å²) in [7, 11) is 1.66. The Morgan fingerprint density at radius 3 is 2.44 bits per heavy atom. The van der Waals surface area contributed by atoms with E-state index in [0.29, 0.717) is 30.4 Å². The maximum atomic E-state index is 12.8. The summed E-state index contributed by atoms with van der Waals surface area (Å²) in [6, 6.07) is 3.70. The first-order valence-corrected chi connectivity index (χ1v) is 8.64. The highest BCUT2D eigenvalue weighted by Crippen LogP contribution is 2.30.